The van der Waals surface area contributed by atoms with Gasteiger partial charge in [-0.3, -0.25) is 4.99 Å². The number of rotatable bonds is 3. The molecule has 0 atom stereocenters. The number of halogens is 2. The molecular formula is C12H10BrClNNaO3S. The predicted molar refractivity (Wildman–Crippen MR) is 81.0 cm³/mol. The van der Waals surface area contributed by atoms with Crippen LogP contribution in [0.1, 0.15) is 6.92 Å². The number of aliphatic imine (C=N–C) groups is 1. The number of carbonyl (C=O) groups excluding carboxylic acids is 1. The second kappa shape index (κ2) is 9.02. The Morgan fingerprint density at radius 1 is 1.50 bits per heavy atom. The number of nitrogens with zero attached hydrogens (tertiary/aromatic N) is 1. The monoisotopic (exact) mass is 385 g/mol. The van der Waals surface area contributed by atoms with Crippen molar-refractivity contribution in [2.45, 2.75) is 6.92 Å². The van der Waals surface area contributed by atoms with Crippen LogP contribution in [0.25, 0.3) is 0 Å². The van der Waals surface area contributed by atoms with Gasteiger partial charge in [-0.15, -0.1) is 0 Å². The van der Waals surface area contributed by atoms with Gasteiger partial charge >= 0.3 is 35.5 Å². The molecule has 0 aliphatic carbocycles. The summed E-state index contributed by atoms with van der Waals surface area (Å²) in [6, 6.07) is 4.97. The predicted octanol–water partition coefficient (Wildman–Crippen LogP) is 0.688. The fourth-order valence-electron chi connectivity index (χ4n) is 1.23. The van der Waals surface area contributed by atoms with Gasteiger partial charge in [-0.2, -0.15) is 0 Å². The molecular weight excluding hydrogens is 377 g/mol. The summed E-state index contributed by atoms with van der Waals surface area (Å²) >= 11 is 14.2. The zero-order chi connectivity index (χ0) is 14.6. The number of allylic oxidation sites excluding steroid dienone is 1. The average molecular weight is 387 g/mol. The summed E-state index contributed by atoms with van der Waals surface area (Å²) in [5, 5.41) is 9.89. The van der Waals surface area contributed by atoms with E-state index < -0.39 is 5.97 Å². The third-order valence-corrected chi connectivity index (χ3v) is 3.30. The number of aliphatic hydroxyl groups excluding tert-OH is 1. The summed E-state index contributed by atoms with van der Waals surface area (Å²) in [5.41, 5.74) is 0.310. The van der Waals surface area contributed by atoms with E-state index in [9.17, 15) is 9.90 Å². The van der Waals surface area contributed by atoms with E-state index in [2.05, 4.69) is 25.7 Å². The Bertz CT molecular complexity index is 574. The molecule has 0 heterocycles. The van der Waals surface area contributed by atoms with Crippen LogP contribution in [-0.2, 0) is 22.2 Å². The molecule has 4 nitrogen and oxygen atoms in total. The summed E-state index contributed by atoms with van der Waals surface area (Å²) in [7, 11) is 1.20. The van der Waals surface area contributed by atoms with Gasteiger partial charge in [-0.1, -0.05) is 16.6 Å². The summed E-state index contributed by atoms with van der Waals surface area (Å²) in [6.45, 7) is 1.33. The maximum atomic E-state index is 11.5. The molecule has 0 fully saturated rings. The molecule has 0 bridgehead atoms. The Morgan fingerprint density at radius 2 is 2.10 bits per heavy atom. The van der Waals surface area contributed by atoms with Gasteiger partial charge in [0.1, 0.15) is 5.76 Å². The largest absolute Gasteiger partial charge is 1.00 e. The Labute approximate surface area is 158 Å². The van der Waals surface area contributed by atoms with Gasteiger partial charge in [0.2, 0.25) is 0 Å². The molecule has 0 unspecified atom stereocenters. The zero-order valence-electron chi connectivity index (χ0n) is 11.1. The molecule has 0 saturated carbocycles. The van der Waals surface area contributed by atoms with Crippen LogP contribution in [0, 0.1) is 0 Å². The van der Waals surface area contributed by atoms with E-state index in [1.165, 1.54) is 14.0 Å². The fraction of sp³-hybridized carbons (Fsp3) is 0.167. The number of aliphatic hydroxyl groups is 1. The first-order chi connectivity index (χ1) is 8.86. The van der Waals surface area contributed by atoms with Crippen molar-refractivity contribution in [2.75, 3.05) is 7.11 Å². The number of ether oxygens (including phenoxy) is 1. The van der Waals surface area contributed by atoms with Crippen molar-refractivity contribution in [3.05, 3.63) is 39.0 Å². The van der Waals surface area contributed by atoms with Gasteiger partial charge in [-0.05, 0) is 41.1 Å². The van der Waals surface area contributed by atoms with E-state index in [4.69, 9.17) is 24.2 Å². The number of hydrogen-bond donors (Lipinski definition) is 1. The van der Waals surface area contributed by atoms with Gasteiger partial charge in [0, 0.05) is 9.50 Å². The van der Waals surface area contributed by atoms with Crippen molar-refractivity contribution in [1.29, 1.82) is 0 Å². The summed E-state index contributed by atoms with van der Waals surface area (Å²) in [6.07, 6.45) is 0. The SMILES string of the molecule is COC(=O)C(C([S-])=Nc1cc(Cl)ccc1Br)=C(C)O.[Na+]. The first kappa shape index (κ1) is 19.9. The fourth-order valence-corrected chi connectivity index (χ4v) is 2.06. The maximum absolute atomic E-state index is 11.5. The summed E-state index contributed by atoms with van der Waals surface area (Å²) in [4.78, 5) is 15.6. The molecule has 0 saturated heterocycles. The van der Waals surface area contributed by atoms with E-state index in [0.29, 0.717) is 15.2 Å². The molecule has 0 aliphatic heterocycles. The van der Waals surface area contributed by atoms with Crippen LogP contribution < -0.4 is 29.6 Å². The van der Waals surface area contributed by atoms with Gasteiger partial charge < -0.3 is 22.5 Å². The molecule has 8 heteroatoms. The Kier molecular flexibility index (Phi) is 8.97. The van der Waals surface area contributed by atoms with E-state index in [-0.39, 0.29) is 45.9 Å². The van der Waals surface area contributed by atoms with E-state index in [1.807, 2.05) is 0 Å². The van der Waals surface area contributed by atoms with Crippen molar-refractivity contribution < 1.29 is 44.2 Å². The number of esters is 1. The van der Waals surface area contributed by atoms with Crippen molar-refractivity contribution in [1.82, 2.24) is 0 Å². The number of benzene rings is 1. The third kappa shape index (κ3) is 5.35. The zero-order valence-corrected chi connectivity index (χ0v) is 16.3. The Hall–Kier alpha value is -0.110. The molecule has 1 rings (SSSR count). The molecule has 1 aromatic carbocycles. The smallest absolute Gasteiger partial charge is 0.759 e. The van der Waals surface area contributed by atoms with E-state index in [0.717, 1.165) is 0 Å². The van der Waals surface area contributed by atoms with Crippen molar-refractivity contribution in [3.63, 3.8) is 0 Å². The maximum Gasteiger partial charge on any atom is 1.00 e. The third-order valence-electron chi connectivity index (χ3n) is 2.10. The van der Waals surface area contributed by atoms with Crippen LogP contribution in [0.3, 0.4) is 0 Å². The van der Waals surface area contributed by atoms with E-state index in [1.54, 1.807) is 18.2 Å². The summed E-state index contributed by atoms with van der Waals surface area (Å²) < 4.78 is 5.21. The number of methoxy groups -OCH3 is 1. The molecule has 0 aliphatic rings. The van der Waals surface area contributed by atoms with Crippen LogP contribution in [0.5, 0.6) is 0 Å². The quantitative estimate of drug-likeness (QED) is 0.158. The molecule has 0 amide bonds. The second-order valence-corrected chi connectivity index (χ2v) is 5.14. The molecule has 1 N–H and O–H groups in total. The molecule has 102 valence electrons. The van der Waals surface area contributed by atoms with Crippen molar-refractivity contribution >= 4 is 56.9 Å². The Morgan fingerprint density at radius 3 is 2.60 bits per heavy atom. The van der Waals surface area contributed by atoms with Gasteiger partial charge in [0.05, 0.1) is 18.4 Å². The Balaban J connectivity index is 0.00000361. The average Bonchev–Trinajstić information content (AvgIpc) is 2.33. The van der Waals surface area contributed by atoms with Crippen LogP contribution in [0.15, 0.2) is 39.0 Å². The number of hydrogen-bond acceptors (Lipinski definition) is 5. The molecule has 20 heavy (non-hydrogen) atoms. The minimum atomic E-state index is -0.744. The first-order valence-electron chi connectivity index (χ1n) is 5.06. The van der Waals surface area contributed by atoms with Crippen molar-refractivity contribution in [2.24, 2.45) is 4.99 Å². The molecule has 0 aromatic heterocycles. The van der Waals surface area contributed by atoms with Gasteiger partial charge in [-0.25, -0.2) is 4.79 Å². The van der Waals surface area contributed by atoms with E-state index >= 15 is 0 Å². The minimum absolute atomic E-state index is 0. The molecule has 0 radical (unpaired) electrons. The topological polar surface area (TPSA) is 58.9 Å². The molecule has 0 spiro atoms. The van der Waals surface area contributed by atoms with Crippen LogP contribution >= 0.6 is 27.5 Å². The van der Waals surface area contributed by atoms with Crippen molar-refractivity contribution in [3.8, 4) is 0 Å². The molecule has 1 aromatic rings. The van der Waals surface area contributed by atoms with Gasteiger partial charge in [0.15, 0.2) is 0 Å². The van der Waals surface area contributed by atoms with Crippen LogP contribution in [0.2, 0.25) is 5.02 Å². The number of carbonyl (C=O) groups is 1. The van der Waals surface area contributed by atoms with Crippen LogP contribution in [0.4, 0.5) is 5.69 Å². The standard InChI is InChI=1S/C12H11BrClNO3S.Na/c1-6(16)10(12(17)18-2)11(19)15-9-5-7(14)3-4-8(9)13;/h3-5,16H,1-2H3,(H,15,19);/q;+1/p-1. The summed E-state index contributed by atoms with van der Waals surface area (Å²) in [5.74, 6) is -0.995. The first-order valence-corrected chi connectivity index (χ1v) is 6.64. The van der Waals surface area contributed by atoms with Crippen LogP contribution in [-0.4, -0.2) is 23.2 Å². The van der Waals surface area contributed by atoms with Gasteiger partial charge in [0.25, 0.3) is 0 Å². The minimum Gasteiger partial charge on any atom is -0.759 e. The second-order valence-electron chi connectivity index (χ2n) is 3.46. The normalized spacial score (nSPS) is 12.3.